The van der Waals surface area contributed by atoms with Crippen molar-refractivity contribution in [3.63, 3.8) is 0 Å². The summed E-state index contributed by atoms with van der Waals surface area (Å²) in [5, 5.41) is 5.23. The van der Waals surface area contributed by atoms with Gasteiger partial charge in [0.1, 0.15) is 0 Å². The molecular weight excluding hydrogens is 246 g/mol. The highest BCUT2D eigenvalue weighted by Gasteiger charge is 2.11. The Morgan fingerprint density at radius 1 is 1.37 bits per heavy atom. The van der Waals surface area contributed by atoms with E-state index >= 15 is 0 Å². The maximum absolute atomic E-state index is 11.9. The Hall–Kier alpha value is -2.15. The quantitative estimate of drug-likeness (QED) is 0.423. The predicted octanol–water partition coefficient (Wildman–Crippen LogP) is -0.131. The summed E-state index contributed by atoms with van der Waals surface area (Å²) in [5.74, 6) is 5.04. The van der Waals surface area contributed by atoms with Gasteiger partial charge in [0, 0.05) is 12.7 Å². The molecule has 0 fully saturated rings. The van der Waals surface area contributed by atoms with Gasteiger partial charge in [-0.3, -0.25) is 20.4 Å². The van der Waals surface area contributed by atoms with Crippen molar-refractivity contribution in [2.24, 2.45) is 11.8 Å². The SMILES string of the molecule is CC(C)CNC(=O)CNC(=O)c1ccncc1NN. The number of nitrogens with two attached hydrogens (primary N) is 1. The van der Waals surface area contributed by atoms with Gasteiger partial charge in [0.25, 0.3) is 5.91 Å². The van der Waals surface area contributed by atoms with E-state index in [1.54, 1.807) is 0 Å². The number of nitrogens with one attached hydrogen (secondary N) is 3. The summed E-state index contributed by atoms with van der Waals surface area (Å²) in [5.41, 5.74) is 3.13. The highest BCUT2D eigenvalue weighted by molar-refractivity contribution is 6.00. The van der Waals surface area contributed by atoms with E-state index < -0.39 is 0 Å². The first-order valence-corrected chi connectivity index (χ1v) is 6.00. The molecule has 0 unspecified atom stereocenters. The summed E-state index contributed by atoms with van der Waals surface area (Å²) in [4.78, 5) is 27.2. The van der Waals surface area contributed by atoms with Gasteiger partial charge in [0.15, 0.2) is 0 Å². The molecule has 1 aromatic rings. The smallest absolute Gasteiger partial charge is 0.253 e. The van der Waals surface area contributed by atoms with Gasteiger partial charge >= 0.3 is 0 Å². The molecule has 1 heterocycles. The van der Waals surface area contributed by atoms with Gasteiger partial charge in [-0.1, -0.05) is 13.8 Å². The zero-order valence-corrected chi connectivity index (χ0v) is 11.1. The summed E-state index contributed by atoms with van der Waals surface area (Å²) < 4.78 is 0. The Kier molecular flexibility index (Phi) is 5.74. The van der Waals surface area contributed by atoms with E-state index in [-0.39, 0.29) is 18.4 Å². The zero-order chi connectivity index (χ0) is 14.3. The third kappa shape index (κ3) is 4.92. The predicted molar refractivity (Wildman–Crippen MR) is 72.2 cm³/mol. The Bertz CT molecular complexity index is 448. The number of hydrazine groups is 1. The summed E-state index contributed by atoms with van der Waals surface area (Å²) in [6.45, 7) is 4.50. The molecule has 0 aliphatic heterocycles. The van der Waals surface area contributed by atoms with Crippen LogP contribution in [0.4, 0.5) is 5.69 Å². The van der Waals surface area contributed by atoms with Crippen molar-refractivity contribution >= 4 is 17.5 Å². The van der Waals surface area contributed by atoms with Crippen molar-refractivity contribution in [3.05, 3.63) is 24.0 Å². The largest absolute Gasteiger partial charge is 0.354 e. The average Bonchev–Trinajstić information content (AvgIpc) is 2.42. The fourth-order valence-electron chi connectivity index (χ4n) is 1.34. The maximum Gasteiger partial charge on any atom is 0.253 e. The van der Waals surface area contributed by atoms with Crippen LogP contribution < -0.4 is 21.9 Å². The van der Waals surface area contributed by atoms with Gasteiger partial charge in [-0.25, -0.2) is 0 Å². The molecule has 5 N–H and O–H groups in total. The fourth-order valence-corrected chi connectivity index (χ4v) is 1.34. The second kappa shape index (κ2) is 7.32. The number of aromatic nitrogens is 1. The van der Waals surface area contributed by atoms with E-state index in [1.165, 1.54) is 18.5 Å². The van der Waals surface area contributed by atoms with Crippen molar-refractivity contribution < 1.29 is 9.59 Å². The van der Waals surface area contributed by atoms with Crippen LogP contribution in [-0.4, -0.2) is 29.9 Å². The second-order valence-electron chi connectivity index (χ2n) is 4.45. The number of anilines is 1. The van der Waals surface area contributed by atoms with E-state index in [4.69, 9.17) is 5.84 Å². The molecule has 0 saturated heterocycles. The number of amides is 2. The third-order valence-corrected chi connectivity index (χ3v) is 2.34. The average molecular weight is 265 g/mol. The molecule has 0 bridgehead atoms. The van der Waals surface area contributed by atoms with Crippen molar-refractivity contribution in [2.45, 2.75) is 13.8 Å². The first kappa shape index (κ1) is 14.9. The minimum absolute atomic E-state index is 0.0715. The molecule has 0 aliphatic rings. The standard InChI is InChI=1S/C12H19N5O2/c1-8(2)5-15-11(18)7-16-12(19)9-3-4-14-6-10(9)17-13/h3-4,6,8,17H,5,7,13H2,1-2H3,(H,15,18)(H,16,19). The number of nitrogens with zero attached hydrogens (tertiary/aromatic N) is 1. The van der Waals surface area contributed by atoms with Crippen molar-refractivity contribution in [2.75, 3.05) is 18.5 Å². The number of rotatable bonds is 6. The van der Waals surface area contributed by atoms with E-state index in [2.05, 4.69) is 21.0 Å². The van der Waals surface area contributed by atoms with Crippen LogP contribution in [0.25, 0.3) is 0 Å². The molecule has 0 atom stereocenters. The molecule has 7 nitrogen and oxygen atoms in total. The molecule has 0 saturated carbocycles. The molecule has 0 radical (unpaired) electrons. The van der Waals surface area contributed by atoms with E-state index in [1.807, 2.05) is 13.8 Å². The minimum atomic E-state index is -0.380. The molecule has 0 aliphatic carbocycles. The Labute approximate surface area is 111 Å². The highest BCUT2D eigenvalue weighted by atomic mass is 16.2. The minimum Gasteiger partial charge on any atom is -0.354 e. The van der Waals surface area contributed by atoms with Crippen LogP contribution in [-0.2, 0) is 4.79 Å². The topological polar surface area (TPSA) is 109 Å². The number of carbonyl (C=O) groups is 2. The molecular formula is C12H19N5O2. The lowest BCUT2D eigenvalue weighted by Gasteiger charge is -2.10. The van der Waals surface area contributed by atoms with Crippen LogP contribution in [0.5, 0.6) is 0 Å². The van der Waals surface area contributed by atoms with Crippen molar-refractivity contribution in [1.29, 1.82) is 0 Å². The number of hydrogen-bond acceptors (Lipinski definition) is 5. The van der Waals surface area contributed by atoms with Crippen LogP contribution >= 0.6 is 0 Å². The molecule has 2 amide bonds. The number of pyridine rings is 1. The van der Waals surface area contributed by atoms with Crippen molar-refractivity contribution in [1.82, 2.24) is 15.6 Å². The Morgan fingerprint density at radius 3 is 2.74 bits per heavy atom. The van der Waals surface area contributed by atoms with Gasteiger partial charge in [-0.2, -0.15) is 0 Å². The van der Waals surface area contributed by atoms with Gasteiger partial charge in [0.2, 0.25) is 5.91 Å². The van der Waals surface area contributed by atoms with Gasteiger partial charge in [-0.15, -0.1) is 0 Å². The van der Waals surface area contributed by atoms with E-state index in [0.29, 0.717) is 23.7 Å². The summed E-state index contributed by atoms with van der Waals surface area (Å²) in [7, 11) is 0. The van der Waals surface area contributed by atoms with Crippen LogP contribution in [0.1, 0.15) is 24.2 Å². The van der Waals surface area contributed by atoms with E-state index in [0.717, 1.165) is 0 Å². The number of hydrogen-bond donors (Lipinski definition) is 4. The second-order valence-corrected chi connectivity index (χ2v) is 4.45. The highest BCUT2D eigenvalue weighted by Crippen LogP contribution is 2.10. The van der Waals surface area contributed by atoms with Gasteiger partial charge in [0.05, 0.1) is 24.0 Å². The van der Waals surface area contributed by atoms with Gasteiger partial charge < -0.3 is 16.1 Å². The lowest BCUT2D eigenvalue weighted by Crippen LogP contribution is -2.38. The van der Waals surface area contributed by atoms with Crippen LogP contribution in [0.15, 0.2) is 18.5 Å². The fraction of sp³-hybridized carbons (Fsp3) is 0.417. The summed E-state index contributed by atoms with van der Waals surface area (Å²) in [6.07, 6.45) is 2.92. The van der Waals surface area contributed by atoms with Crippen LogP contribution in [0.2, 0.25) is 0 Å². The summed E-state index contributed by atoms with van der Waals surface area (Å²) >= 11 is 0. The lowest BCUT2D eigenvalue weighted by molar-refractivity contribution is -0.120. The lowest BCUT2D eigenvalue weighted by atomic mass is 10.2. The van der Waals surface area contributed by atoms with Gasteiger partial charge in [-0.05, 0) is 12.0 Å². The third-order valence-electron chi connectivity index (χ3n) is 2.34. The Morgan fingerprint density at radius 2 is 2.11 bits per heavy atom. The molecule has 0 spiro atoms. The molecule has 0 aromatic carbocycles. The summed E-state index contributed by atoms with van der Waals surface area (Å²) in [6, 6.07) is 1.52. The molecule has 7 heteroatoms. The first-order chi connectivity index (χ1) is 9.04. The number of carbonyl (C=O) groups excluding carboxylic acids is 2. The molecule has 1 aromatic heterocycles. The number of nitrogen functional groups attached to an aromatic ring is 1. The van der Waals surface area contributed by atoms with E-state index in [9.17, 15) is 9.59 Å². The maximum atomic E-state index is 11.9. The Balaban J connectivity index is 2.49. The molecule has 104 valence electrons. The first-order valence-electron chi connectivity index (χ1n) is 6.00. The van der Waals surface area contributed by atoms with Crippen molar-refractivity contribution in [3.8, 4) is 0 Å². The van der Waals surface area contributed by atoms with Crippen LogP contribution in [0.3, 0.4) is 0 Å². The zero-order valence-electron chi connectivity index (χ0n) is 11.1. The normalized spacial score (nSPS) is 10.1. The van der Waals surface area contributed by atoms with Crippen LogP contribution in [0, 0.1) is 5.92 Å². The monoisotopic (exact) mass is 265 g/mol. The molecule has 1 rings (SSSR count). The molecule has 19 heavy (non-hydrogen) atoms.